The number of carbonyl (C=O) groups is 2. The van der Waals surface area contributed by atoms with Crippen LogP contribution in [-0.4, -0.2) is 27.3 Å². The molecule has 0 spiro atoms. The van der Waals surface area contributed by atoms with Gasteiger partial charge in [-0.2, -0.15) is 0 Å². The Labute approximate surface area is 155 Å². The third-order valence-corrected chi connectivity index (χ3v) is 4.91. The summed E-state index contributed by atoms with van der Waals surface area (Å²) < 4.78 is 18.7. The Morgan fingerprint density at radius 1 is 1.35 bits per heavy atom. The van der Waals surface area contributed by atoms with Gasteiger partial charge in [0.1, 0.15) is 12.4 Å². The molecule has 2 aromatic rings. The highest BCUT2D eigenvalue weighted by Crippen LogP contribution is 2.32. The monoisotopic (exact) mass is 374 g/mol. The SMILES string of the molecule is CC(C)(C)C(=O)/C=C1\SCC(=O)N1Cc1ncc(-c2ccc(F)cc2)o1. The molecule has 1 aromatic carbocycles. The first-order chi connectivity index (χ1) is 12.2. The number of hydrogen-bond acceptors (Lipinski definition) is 5. The van der Waals surface area contributed by atoms with Crippen LogP contribution in [0.2, 0.25) is 0 Å². The van der Waals surface area contributed by atoms with Gasteiger partial charge in [-0.1, -0.05) is 32.5 Å². The van der Waals surface area contributed by atoms with Gasteiger partial charge in [0.15, 0.2) is 11.5 Å². The number of oxazole rings is 1. The Bertz CT molecular complexity index is 866. The lowest BCUT2D eigenvalue weighted by Gasteiger charge is -2.18. The van der Waals surface area contributed by atoms with Crippen molar-refractivity contribution in [3.05, 3.63) is 53.3 Å². The highest BCUT2D eigenvalue weighted by molar-refractivity contribution is 8.04. The fourth-order valence-corrected chi connectivity index (χ4v) is 3.23. The van der Waals surface area contributed by atoms with Crippen LogP contribution in [0.15, 0.2) is 46.0 Å². The van der Waals surface area contributed by atoms with Crippen LogP contribution in [-0.2, 0) is 16.1 Å². The zero-order valence-corrected chi connectivity index (χ0v) is 15.6. The van der Waals surface area contributed by atoms with Crippen molar-refractivity contribution in [1.29, 1.82) is 0 Å². The Morgan fingerprint density at radius 3 is 2.69 bits per heavy atom. The molecule has 0 radical (unpaired) electrons. The number of halogens is 1. The molecule has 2 heterocycles. The molecule has 1 aromatic heterocycles. The van der Waals surface area contributed by atoms with Gasteiger partial charge < -0.3 is 4.42 Å². The van der Waals surface area contributed by atoms with Crippen molar-refractivity contribution in [2.45, 2.75) is 27.3 Å². The van der Waals surface area contributed by atoms with Gasteiger partial charge in [0.25, 0.3) is 0 Å². The molecule has 0 N–H and O–H groups in total. The molecule has 1 aliphatic heterocycles. The van der Waals surface area contributed by atoms with Gasteiger partial charge >= 0.3 is 0 Å². The number of rotatable bonds is 4. The number of thioether (sulfide) groups is 1. The van der Waals surface area contributed by atoms with Crippen molar-refractivity contribution in [2.24, 2.45) is 5.41 Å². The minimum absolute atomic E-state index is 0.0425. The van der Waals surface area contributed by atoms with E-state index in [1.165, 1.54) is 34.9 Å². The lowest BCUT2D eigenvalue weighted by molar-refractivity contribution is -0.126. The standard InChI is InChI=1S/C19H19FN2O3S/c1-19(2,3)15(23)8-18-22(17(24)11-26-18)10-16-21-9-14(25-16)12-4-6-13(20)7-5-12/h4-9H,10-11H2,1-3H3/b18-8-. The van der Waals surface area contributed by atoms with Crippen molar-refractivity contribution >= 4 is 23.5 Å². The van der Waals surface area contributed by atoms with Crippen LogP contribution in [0.3, 0.4) is 0 Å². The predicted molar refractivity (Wildman–Crippen MR) is 97.5 cm³/mol. The number of hydrogen-bond donors (Lipinski definition) is 0. The van der Waals surface area contributed by atoms with Gasteiger partial charge in [-0.25, -0.2) is 9.37 Å². The molecule has 1 aliphatic rings. The van der Waals surface area contributed by atoms with Crippen molar-refractivity contribution < 1.29 is 18.4 Å². The van der Waals surface area contributed by atoms with Crippen molar-refractivity contribution in [1.82, 2.24) is 9.88 Å². The topological polar surface area (TPSA) is 63.4 Å². The summed E-state index contributed by atoms with van der Waals surface area (Å²) in [6, 6.07) is 5.89. The van der Waals surface area contributed by atoms with Gasteiger partial charge in [0, 0.05) is 17.1 Å². The van der Waals surface area contributed by atoms with Crippen molar-refractivity contribution in [3.8, 4) is 11.3 Å². The Hall–Kier alpha value is -2.41. The van der Waals surface area contributed by atoms with E-state index in [0.717, 1.165) is 0 Å². The number of amides is 1. The summed E-state index contributed by atoms with van der Waals surface area (Å²) in [4.78, 5) is 30.1. The molecule has 1 fully saturated rings. The Balaban J connectivity index is 1.79. The average molecular weight is 374 g/mol. The third-order valence-electron chi connectivity index (χ3n) is 3.88. The first-order valence-corrected chi connectivity index (χ1v) is 9.12. The normalized spacial score (nSPS) is 16.5. The van der Waals surface area contributed by atoms with Gasteiger partial charge in [-0.3, -0.25) is 14.5 Å². The molecule has 0 aliphatic carbocycles. The third kappa shape index (κ3) is 4.04. The van der Waals surface area contributed by atoms with Gasteiger partial charge in [-0.15, -0.1) is 0 Å². The van der Waals surface area contributed by atoms with Crippen LogP contribution in [0, 0.1) is 11.2 Å². The molecule has 136 valence electrons. The van der Waals surface area contributed by atoms with E-state index in [-0.39, 0.29) is 29.8 Å². The molecule has 3 rings (SSSR count). The van der Waals surface area contributed by atoms with Gasteiger partial charge in [-0.05, 0) is 24.3 Å². The summed E-state index contributed by atoms with van der Waals surface area (Å²) in [5, 5.41) is 0.608. The first kappa shape index (κ1) is 18.4. The molecular weight excluding hydrogens is 355 g/mol. The average Bonchev–Trinajstić information content (AvgIpc) is 3.17. The maximum Gasteiger partial charge on any atom is 0.238 e. The molecule has 0 unspecified atom stereocenters. The van der Waals surface area contributed by atoms with Crippen molar-refractivity contribution in [3.63, 3.8) is 0 Å². The van der Waals surface area contributed by atoms with Crippen LogP contribution in [0.4, 0.5) is 4.39 Å². The van der Waals surface area contributed by atoms with E-state index in [1.54, 1.807) is 18.3 Å². The van der Waals surface area contributed by atoms with E-state index < -0.39 is 5.41 Å². The van der Waals surface area contributed by atoms with E-state index in [0.29, 0.717) is 22.2 Å². The summed E-state index contributed by atoms with van der Waals surface area (Å²) in [5.74, 6) is 0.675. The van der Waals surface area contributed by atoms with Crippen molar-refractivity contribution in [2.75, 3.05) is 5.75 Å². The molecule has 0 bridgehead atoms. The lowest BCUT2D eigenvalue weighted by Crippen LogP contribution is -2.26. The zero-order valence-electron chi connectivity index (χ0n) is 14.8. The molecule has 7 heteroatoms. The number of aromatic nitrogens is 1. The number of nitrogens with zero attached hydrogens (tertiary/aromatic N) is 2. The second-order valence-electron chi connectivity index (χ2n) is 6.99. The summed E-state index contributed by atoms with van der Waals surface area (Å²) in [7, 11) is 0. The number of carbonyl (C=O) groups excluding carboxylic acids is 2. The number of benzene rings is 1. The van der Waals surface area contributed by atoms with E-state index >= 15 is 0 Å². The minimum Gasteiger partial charge on any atom is -0.439 e. The maximum absolute atomic E-state index is 13.0. The second-order valence-corrected chi connectivity index (χ2v) is 7.99. The van der Waals surface area contributed by atoms with E-state index in [9.17, 15) is 14.0 Å². The summed E-state index contributed by atoms with van der Waals surface area (Å²) in [6.07, 6.45) is 3.05. The molecular formula is C19H19FN2O3S. The largest absolute Gasteiger partial charge is 0.439 e. The predicted octanol–water partition coefficient (Wildman–Crippen LogP) is 4.01. The minimum atomic E-state index is -0.510. The highest BCUT2D eigenvalue weighted by atomic mass is 32.2. The second kappa shape index (κ2) is 7.07. The van der Waals surface area contributed by atoms with Crippen LogP contribution in [0.5, 0.6) is 0 Å². The quantitative estimate of drug-likeness (QED) is 0.757. The van der Waals surface area contributed by atoms with Gasteiger partial charge in [0.05, 0.1) is 17.0 Å². The summed E-state index contributed by atoms with van der Waals surface area (Å²) in [6.45, 7) is 5.65. The lowest BCUT2D eigenvalue weighted by atomic mass is 9.91. The molecule has 0 atom stereocenters. The van der Waals surface area contributed by atoms with Crippen LogP contribution >= 0.6 is 11.8 Å². The Kier molecular flexibility index (Phi) is 5.00. The number of allylic oxidation sites excluding steroid dienone is 1. The van der Waals surface area contributed by atoms with Gasteiger partial charge in [0.2, 0.25) is 11.8 Å². The van der Waals surface area contributed by atoms with E-state index in [2.05, 4.69) is 4.98 Å². The molecule has 5 nitrogen and oxygen atoms in total. The fraction of sp³-hybridized carbons (Fsp3) is 0.316. The summed E-state index contributed by atoms with van der Waals surface area (Å²) >= 11 is 1.33. The van der Waals surface area contributed by atoms with Crippen LogP contribution < -0.4 is 0 Å². The molecule has 0 saturated carbocycles. The first-order valence-electron chi connectivity index (χ1n) is 8.14. The van der Waals surface area contributed by atoms with Crippen LogP contribution in [0.1, 0.15) is 26.7 Å². The zero-order chi connectivity index (χ0) is 18.9. The maximum atomic E-state index is 13.0. The molecule has 1 amide bonds. The number of ketones is 1. The fourth-order valence-electron chi connectivity index (χ4n) is 2.29. The summed E-state index contributed by atoms with van der Waals surface area (Å²) in [5.41, 5.74) is 0.190. The smallest absolute Gasteiger partial charge is 0.238 e. The van der Waals surface area contributed by atoms with E-state index in [4.69, 9.17) is 4.42 Å². The highest BCUT2D eigenvalue weighted by Gasteiger charge is 2.30. The molecule has 1 saturated heterocycles. The Morgan fingerprint density at radius 2 is 2.04 bits per heavy atom. The van der Waals surface area contributed by atoms with Crippen LogP contribution in [0.25, 0.3) is 11.3 Å². The molecule has 26 heavy (non-hydrogen) atoms. The van der Waals surface area contributed by atoms with E-state index in [1.807, 2.05) is 20.8 Å².